The Labute approximate surface area is 112 Å². The van der Waals surface area contributed by atoms with E-state index in [1.165, 1.54) is 32.1 Å². The summed E-state index contributed by atoms with van der Waals surface area (Å²) in [5, 5.41) is 10.6. The van der Waals surface area contributed by atoms with Gasteiger partial charge < -0.3 is 9.84 Å². The van der Waals surface area contributed by atoms with Gasteiger partial charge in [0.2, 0.25) is 0 Å². The van der Waals surface area contributed by atoms with Crippen LogP contribution in [-0.4, -0.2) is 23.4 Å². The number of rotatable bonds is 4. The van der Waals surface area contributed by atoms with Crippen molar-refractivity contribution in [1.82, 2.24) is 0 Å². The quantitative estimate of drug-likeness (QED) is 0.824. The molecule has 0 bridgehead atoms. The first-order valence-electron chi connectivity index (χ1n) is 8.03. The highest BCUT2D eigenvalue weighted by molar-refractivity contribution is 4.92. The minimum absolute atomic E-state index is 0.109. The molecule has 0 radical (unpaired) electrons. The second-order valence-electron chi connectivity index (χ2n) is 6.41. The molecule has 1 N–H and O–H groups in total. The first kappa shape index (κ1) is 14.3. The van der Waals surface area contributed by atoms with E-state index in [1.807, 2.05) is 0 Å². The van der Waals surface area contributed by atoms with E-state index in [-0.39, 0.29) is 11.7 Å². The SMILES string of the molecule is CCC(CC)C(O)C1CCOC2(CCCCC2)C1. The van der Waals surface area contributed by atoms with E-state index in [0.717, 1.165) is 32.3 Å². The van der Waals surface area contributed by atoms with Gasteiger partial charge in [-0.2, -0.15) is 0 Å². The average Bonchev–Trinajstić information content (AvgIpc) is 2.41. The van der Waals surface area contributed by atoms with Crippen LogP contribution in [-0.2, 0) is 4.74 Å². The van der Waals surface area contributed by atoms with Crippen molar-refractivity contribution in [2.75, 3.05) is 6.61 Å². The molecule has 2 atom stereocenters. The Kier molecular flexibility index (Phi) is 5.08. The predicted octanol–water partition coefficient (Wildman–Crippen LogP) is 3.91. The molecule has 2 fully saturated rings. The molecule has 2 rings (SSSR count). The van der Waals surface area contributed by atoms with Crippen LogP contribution in [0.1, 0.15) is 71.6 Å². The fourth-order valence-electron chi connectivity index (χ4n) is 4.06. The number of aliphatic hydroxyl groups excluding tert-OH is 1. The van der Waals surface area contributed by atoms with Crippen molar-refractivity contribution in [3.05, 3.63) is 0 Å². The van der Waals surface area contributed by atoms with Crippen molar-refractivity contribution in [1.29, 1.82) is 0 Å². The molecule has 2 heteroatoms. The van der Waals surface area contributed by atoms with E-state index in [4.69, 9.17) is 4.74 Å². The van der Waals surface area contributed by atoms with E-state index in [0.29, 0.717) is 11.8 Å². The fraction of sp³-hybridized carbons (Fsp3) is 1.00. The lowest BCUT2D eigenvalue weighted by atomic mass is 9.72. The molecule has 1 saturated carbocycles. The van der Waals surface area contributed by atoms with E-state index in [2.05, 4.69) is 13.8 Å². The highest BCUT2D eigenvalue weighted by atomic mass is 16.5. The predicted molar refractivity (Wildman–Crippen MR) is 74.6 cm³/mol. The molecule has 2 aliphatic rings. The first-order valence-corrected chi connectivity index (χ1v) is 8.03. The highest BCUT2D eigenvalue weighted by Gasteiger charge is 2.41. The molecule has 1 aliphatic heterocycles. The van der Waals surface area contributed by atoms with Crippen LogP contribution >= 0.6 is 0 Å². The highest BCUT2D eigenvalue weighted by Crippen LogP contribution is 2.42. The summed E-state index contributed by atoms with van der Waals surface area (Å²) < 4.78 is 6.12. The molecule has 1 aliphatic carbocycles. The number of hydrogen-bond donors (Lipinski definition) is 1. The van der Waals surface area contributed by atoms with Gasteiger partial charge in [-0.1, -0.05) is 46.0 Å². The van der Waals surface area contributed by atoms with Crippen molar-refractivity contribution in [2.45, 2.75) is 83.3 Å². The van der Waals surface area contributed by atoms with Crippen LogP contribution in [0.3, 0.4) is 0 Å². The number of aliphatic hydroxyl groups is 1. The van der Waals surface area contributed by atoms with Gasteiger partial charge in [-0.3, -0.25) is 0 Å². The summed E-state index contributed by atoms with van der Waals surface area (Å²) in [4.78, 5) is 0. The molecule has 1 heterocycles. The average molecular weight is 254 g/mol. The second-order valence-corrected chi connectivity index (χ2v) is 6.41. The van der Waals surface area contributed by atoms with E-state index < -0.39 is 0 Å². The zero-order valence-electron chi connectivity index (χ0n) is 12.2. The molecule has 0 aromatic heterocycles. The Balaban J connectivity index is 1.97. The Bertz CT molecular complexity index is 236. The van der Waals surface area contributed by atoms with Crippen molar-refractivity contribution in [2.24, 2.45) is 11.8 Å². The Morgan fingerprint density at radius 2 is 1.83 bits per heavy atom. The summed E-state index contributed by atoms with van der Waals surface area (Å²) in [5.74, 6) is 0.954. The van der Waals surface area contributed by atoms with E-state index in [1.54, 1.807) is 0 Å². The van der Waals surface area contributed by atoms with Crippen molar-refractivity contribution in [3.8, 4) is 0 Å². The minimum atomic E-state index is -0.109. The fourth-order valence-corrected chi connectivity index (χ4v) is 4.06. The van der Waals surface area contributed by atoms with Gasteiger partial charge in [0.05, 0.1) is 11.7 Å². The molecule has 0 aromatic carbocycles. The smallest absolute Gasteiger partial charge is 0.0686 e. The lowest BCUT2D eigenvalue weighted by molar-refractivity contribution is -0.139. The van der Waals surface area contributed by atoms with Crippen LogP contribution in [0, 0.1) is 11.8 Å². The number of hydrogen-bond acceptors (Lipinski definition) is 2. The molecule has 18 heavy (non-hydrogen) atoms. The molecule has 0 amide bonds. The zero-order valence-corrected chi connectivity index (χ0v) is 12.2. The van der Waals surface area contributed by atoms with Gasteiger partial charge in [-0.15, -0.1) is 0 Å². The topological polar surface area (TPSA) is 29.5 Å². The van der Waals surface area contributed by atoms with Crippen molar-refractivity contribution in [3.63, 3.8) is 0 Å². The Morgan fingerprint density at radius 1 is 1.17 bits per heavy atom. The summed E-state index contributed by atoms with van der Waals surface area (Å²) >= 11 is 0. The van der Waals surface area contributed by atoms with Gasteiger partial charge in [-0.05, 0) is 37.5 Å². The van der Waals surface area contributed by atoms with Crippen molar-refractivity contribution < 1.29 is 9.84 Å². The standard InChI is InChI=1S/C16H30O2/c1-3-13(4-2)15(17)14-8-11-18-16(12-14)9-6-5-7-10-16/h13-15,17H,3-12H2,1-2H3. The monoisotopic (exact) mass is 254 g/mol. The van der Waals surface area contributed by atoms with Crippen molar-refractivity contribution >= 4 is 0 Å². The van der Waals surface area contributed by atoms with E-state index >= 15 is 0 Å². The van der Waals surface area contributed by atoms with Crippen LogP contribution in [0.2, 0.25) is 0 Å². The summed E-state index contributed by atoms with van der Waals surface area (Å²) in [6.07, 6.45) is 10.7. The van der Waals surface area contributed by atoms with Gasteiger partial charge in [-0.25, -0.2) is 0 Å². The molecule has 2 unspecified atom stereocenters. The summed E-state index contributed by atoms with van der Waals surface area (Å²) in [6.45, 7) is 5.27. The lowest BCUT2D eigenvalue weighted by Gasteiger charge is -2.45. The maximum Gasteiger partial charge on any atom is 0.0686 e. The maximum atomic E-state index is 10.6. The van der Waals surface area contributed by atoms with Crippen LogP contribution in [0.15, 0.2) is 0 Å². The summed E-state index contributed by atoms with van der Waals surface area (Å²) in [6, 6.07) is 0. The number of ether oxygens (including phenoxy) is 1. The molecule has 2 nitrogen and oxygen atoms in total. The van der Waals surface area contributed by atoms with Gasteiger partial charge in [0.15, 0.2) is 0 Å². The van der Waals surface area contributed by atoms with Gasteiger partial charge in [0.1, 0.15) is 0 Å². The normalized spacial score (nSPS) is 29.7. The van der Waals surface area contributed by atoms with E-state index in [9.17, 15) is 5.11 Å². The minimum Gasteiger partial charge on any atom is -0.393 e. The summed E-state index contributed by atoms with van der Waals surface area (Å²) in [5.41, 5.74) is 0.133. The second kappa shape index (κ2) is 6.38. The zero-order chi connectivity index (χ0) is 13.0. The largest absolute Gasteiger partial charge is 0.393 e. The molecule has 106 valence electrons. The molecule has 1 saturated heterocycles. The van der Waals surface area contributed by atoms with Gasteiger partial charge in [0, 0.05) is 6.61 Å². The van der Waals surface area contributed by atoms with Crippen LogP contribution < -0.4 is 0 Å². The third kappa shape index (κ3) is 3.08. The van der Waals surface area contributed by atoms with Gasteiger partial charge in [0.25, 0.3) is 0 Å². The lowest BCUT2D eigenvalue weighted by Crippen LogP contribution is -2.45. The maximum absolute atomic E-state index is 10.6. The Morgan fingerprint density at radius 3 is 2.44 bits per heavy atom. The molecule has 1 spiro atoms. The van der Waals surface area contributed by atoms with Crippen LogP contribution in [0.5, 0.6) is 0 Å². The summed E-state index contributed by atoms with van der Waals surface area (Å²) in [7, 11) is 0. The van der Waals surface area contributed by atoms with Crippen LogP contribution in [0.25, 0.3) is 0 Å². The molecular formula is C16H30O2. The van der Waals surface area contributed by atoms with Crippen LogP contribution in [0.4, 0.5) is 0 Å². The third-order valence-corrected chi connectivity index (χ3v) is 5.31. The Hall–Kier alpha value is -0.0800. The first-order chi connectivity index (χ1) is 8.71. The molecule has 0 aromatic rings. The third-order valence-electron chi connectivity index (χ3n) is 5.31. The molecular weight excluding hydrogens is 224 g/mol. The van der Waals surface area contributed by atoms with Gasteiger partial charge >= 0.3 is 0 Å².